The van der Waals surface area contributed by atoms with E-state index in [0.717, 1.165) is 57.8 Å². The Balaban J connectivity index is 4.24. The van der Waals surface area contributed by atoms with Crippen molar-refractivity contribution in [3.8, 4) is 0 Å². The third-order valence-corrected chi connectivity index (χ3v) is 10.3. The predicted octanol–water partition coefficient (Wildman–Crippen LogP) is 12.6. The number of esters is 2. The molecule has 0 heterocycles. The van der Waals surface area contributed by atoms with Gasteiger partial charge in [0.15, 0.2) is 12.1 Å². The van der Waals surface area contributed by atoms with Gasteiger partial charge in [-0.05, 0) is 44.9 Å². The van der Waals surface area contributed by atoms with Crippen LogP contribution in [0.25, 0.3) is 0 Å². The largest absolute Gasteiger partial charge is 0.477 e. The first-order valence-electron chi connectivity index (χ1n) is 23.0. The number of carbonyl (C=O) groups is 3. The highest BCUT2D eigenvalue weighted by Crippen LogP contribution is 2.15. The molecule has 0 bridgehead atoms. The maximum Gasteiger partial charge on any atom is 0.362 e. The summed E-state index contributed by atoms with van der Waals surface area (Å²) >= 11 is 0. The van der Waals surface area contributed by atoms with Gasteiger partial charge in [-0.25, -0.2) is 4.79 Å². The topological polar surface area (TPSA) is 99.1 Å². The Morgan fingerprint density at radius 1 is 0.554 bits per heavy atom. The number of carbonyl (C=O) groups excluding carboxylic acids is 2. The van der Waals surface area contributed by atoms with Crippen molar-refractivity contribution >= 4 is 17.9 Å². The SMILES string of the molecule is CC/C=C/C/C=C/C/C=C/CCCCCCCCCCCCCC(=O)OC(COCCC(C(=O)O)[N+](C)(C)C)COC(=O)CCCCCCCCCCCCC. The van der Waals surface area contributed by atoms with Gasteiger partial charge < -0.3 is 23.8 Å². The fourth-order valence-corrected chi connectivity index (χ4v) is 6.75. The van der Waals surface area contributed by atoms with Gasteiger partial charge in [-0.1, -0.05) is 172 Å². The van der Waals surface area contributed by atoms with Crippen molar-refractivity contribution in [3.63, 3.8) is 0 Å². The Kier molecular flexibility index (Phi) is 37.7. The molecule has 2 unspecified atom stereocenters. The molecule has 1 N–H and O–H groups in total. The molecule has 0 amide bonds. The zero-order chi connectivity index (χ0) is 41.4. The second-order valence-corrected chi connectivity index (χ2v) is 16.6. The lowest BCUT2D eigenvalue weighted by Gasteiger charge is -2.31. The maximum atomic E-state index is 12.7. The van der Waals surface area contributed by atoms with Gasteiger partial charge >= 0.3 is 17.9 Å². The Morgan fingerprint density at radius 2 is 1.00 bits per heavy atom. The fourth-order valence-electron chi connectivity index (χ4n) is 6.75. The van der Waals surface area contributed by atoms with E-state index in [1.807, 2.05) is 21.1 Å². The zero-order valence-electron chi connectivity index (χ0n) is 37.1. The molecule has 0 saturated heterocycles. The number of unbranched alkanes of at least 4 members (excludes halogenated alkanes) is 21. The monoisotopic (exact) mass is 791 g/mol. The molecule has 0 spiro atoms. The number of carboxylic acids is 1. The predicted molar refractivity (Wildman–Crippen MR) is 234 cm³/mol. The summed E-state index contributed by atoms with van der Waals surface area (Å²) in [6.45, 7) is 4.63. The molecule has 0 fully saturated rings. The quantitative estimate of drug-likeness (QED) is 0.0285. The van der Waals surface area contributed by atoms with Crippen molar-refractivity contribution in [1.82, 2.24) is 0 Å². The van der Waals surface area contributed by atoms with Gasteiger partial charge in [0.25, 0.3) is 0 Å². The number of hydrogen-bond donors (Lipinski definition) is 1. The van der Waals surface area contributed by atoms with Gasteiger partial charge in [0.05, 0.1) is 34.4 Å². The number of carboxylic acid groups (broad SMARTS) is 1. The molecule has 0 aliphatic carbocycles. The fraction of sp³-hybridized carbons (Fsp3) is 0.812. The van der Waals surface area contributed by atoms with Crippen LogP contribution in [0.4, 0.5) is 0 Å². The second kappa shape index (κ2) is 39.4. The number of nitrogens with zero attached hydrogens (tertiary/aromatic N) is 1. The van der Waals surface area contributed by atoms with Crippen molar-refractivity contribution in [2.24, 2.45) is 0 Å². The molecule has 0 aromatic heterocycles. The number of aliphatic carboxylic acids is 1. The number of allylic oxidation sites excluding steroid dienone is 6. The summed E-state index contributed by atoms with van der Waals surface area (Å²) in [7, 11) is 5.53. The first kappa shape index (κ1) is 53.6. The number of rotatable bonds is 41. The van der Waals surface area contributed by atoms with Crippen molar-refractivity contribution in [3.05, 3.63) is 36.5 Å². The van der Waals surface area contributed by atoms with Crippen LogP contribution in [0.5, 0.6) is 0 Å². The average molecular weight is 791 g/mol. The van der Waals surface area contributed by atoms with E-state index < -0.39 is 18.1 Å². The third-order valence-electron chi connectivity index (χ3n) is 10.3. The number of likely N-dealkylation sites (N-methyl/N-ethyl adjacent to an activating group) is 1. The minimum atomic E-state index is -0.874. The van der Waals surface area contributed by atoms with Gasteiger partial charge in [0.1, 0.15) is 6.61 Å². The summed E-state index contributed by atoms with van der Waals surface area (Å²) in [4.78, 5) is 37.0. The minimum Gasteiger partial charge on any atom is -0.477 e. The molecule has 0 aromatic rings. The summed E-state index contributed by atoms with van der Waals surface area (Å²) in [5.41, 5.74) is 0. The van der Waals surface area contributed by atoms with Crippen LogP contribution in [0.2, 0.25) is 0 Å². The standard InChI is InChI=1S/C48H87NO7/c1-6-8-10-12-14-16-18-19-20-21-22-23-24-25-26-27-29-31-33-35-37-39-47(51)56-44(42-54-41-40-45(48(52)53)49(3,4)5)43-55-46(50)38-36-34-32-30-28-17-15-13-11-9-7-2/h8,10,14,16,19-20,44-45H,6-7,9,11-13,15,17-18,21-43H2,1-5H3/p+1/b10-8+,16-14+,20-19+. The van der Waals surface area contributed by atoms with Crippen molar-refractivity contribution in [1.29, 1.82) is 0 Å². The van der Waals surface area contributed by atoms with Crippen LogP contribution in [-0.4, -0.2) is 80.6 Å². The van der Waals surface area contributed by atoms with Crippen LogP contribution >= 0.6 is 0 Å². The number of ether oxygens (including phenoxy) is 3. The lowest BCUT2D eigenvalue weighted by atomic mass is 10.0. The summed E-state index contributed by atoms with van der Waals surface area (Å²) in [6, 6.07) is -0.612. The highest BCUT2D eigenvalue weighted by molar-refractivity contribution is 5.72. The minimum absolute atomic E-state index is 0.0488. The molecular weight excluding hydrogens is 703 g/mol. The van der Waals surface area contributed by atoms with Crippen LogP contribution in [0.3, 0.4) is 0 Å². The first-order chi connectivity index (χ1) is 27.1. The Hall–Kier alpha value is -2.45. The normalized spacial score (nSPS) is 13.2. The van der Waals surface area contributed by atoms with Crippen molar-refractivity contribution < 1.29 is 38.2 Å². The third kappa shape index (κ3) is 37.1. The van der Waals surface area contributed by atoms with E-state index >= 15 is 0 Å². The van der Waals surface area contributed by atoms with Gasteiger partial charge in [-0.3, -0.25) is 9.59 Å². The van der Waals surface area contributed by atoms with Crippen molar-refractivity contribution in [2.75, 3.05) is 41.0 Å². The van der Waals surface area contributed by atoms with Crippen LogP contribution in [0.1, 0.15) is 200 Å². The molecule has 0 saturated carbocycles. The second-order valence-electron chi connectivity index (χ2n) is 16.6. The van der Waals surface area contributed by atoms with E-state index in [4.69, 9.17) is 14.2 Å². The summed E-state index contributed by atoms with van der Waals surface area (Å²) in [5.74, 6) is -1.46. The molecule has 326 valence electrons. The lowest BCUT2D eigenvalue weighted by Crippen LogP contribution is -2.50. The molecule has 2 atom stereocenters. The summed E-state index contributed by atoms with van der Waals surface area (Å²) in [6.07, 6.45) is 44.7. The number of hydrogen-bond acceptors (Lipinski definition) is 6. The van der Waals surface area contributed by atoms with E-state index in [2.05, 4.69) is 50.3 Å². The molecule has 8 nitrogen and oxygen atoms in total. The average Bonchev–Trinajstić information content (AvgIpc) is 3.15. The highest BCUT2D eigenvalue weighted by Gasteiger charge is 2.31. The van der Waals surface area contributed by atoms with Crippen LogP contribution in [-0.2, 0) is 28.6 Å². The van der Waals surface area contributed by atoms with E-state index in [9.17, 15) is 19.5 Å². The molecule has 8 heteroatoms. The summed E-state index contributed by atoms with van der Waals surface area (Å²) < 4.78 is 17.3. The van der Waals surface area contributed by atoms with Crippen molar-refractivity contribution in [2.45, 2.75) is 212 Å². The van der Waals surface area contributed by atoms with Gasteiger partial charge in [-0.15, -0.1) is 0 Å². The van der Waals surface area contributed by atoms with E-state index in [1.54, 1.807) is 0 Å². The maximum absolute atomic E-state index is 12.7. The van der Waals surface area contributed by atoms with Gasteiger partial charge in [0, 0.05) is 19.3 Å². The smallest absolute Gasteiger partial charge is 0.362 e. The Morgan fingerprint density at radius 3 is 1.48 bits per heavy atom. The van der Waals surface area contributed by atoms with E-state index in [1.165, 1.54) is 109 Å². The molecule has 0 aliphatic rings. The van der Waals surface area contributed by atoms with E-state index in [0.29, 0.717) is 19.3 Å². The van der Waals surface area contributed by atoms with Crippen LogP contribution in [0, 0.1) is 0 Å². The molecule has 0 rings (SSSR count). The van der Waals surface area contributed by atoms with Gasteiger partial charge in [-0.2, -0.15) is 0 Å². The van der Waals surface area contributed by atoms with Crippen LogP contribution < -0.4 is 0 Å². The zero-order valence-corrected chi connectivity index (χ0v) is 37.1. The highest BCUT2D eigenvalue weighted by atomic mass is 16.6. The van der Waals surface area contributed by atoms with Gasteiger partial charge in [0.2, 0.25) is 0 Å². The molecule has 56 heavy (non-hydrogen) atoms. The lowest BCUT2D eigenvalue weighted by molar-refractivity contribution is -0.887. The Labute approximate surface area is 344 Å². The van der Waals surface area contributed by atoms with E-state index in [-0.39, 0.29) is 36.2 Å². The first-order valence-corrected chi connectivity index (χ1v) is 23.0. The number of quaternary nitrogens is 1. The van der Waals surface area contributed by atoms with Crippen LogP contribution in [0.15, 0.2) is 36.5 Å². The molecule has 0 aliphatic heterocycles. The molecular formula is C48H88NO7+. The summed E-state index contributed by atoms with van der Waals surface area (Å²) in [5, 5.41) is 9.62. The Bertz CT molecular complexity index is 1020. The molecule has 0 aromatic carbocycles. The molecule has 0 radical (unpaired) electrons.